The van der Waals surface area contributed by atoms with Crippen LogP contribution < -0.4 is 5.90 Å². The van der Waals surface area contributed by atoms with Crippen LogP contribution in [0, 0.1) is 0 Å². The molecule has 0 fully saturated rings. The summed E-state index contributed by atoms with van der Waals surface area (Å²) < 4.78 is 0. The zero-order valence-electron chi connectivity index (χ0n) is 7.31. The van der Waals surface area contributed by atoms with Gasteiger partial charge in [-0.2, -0.15) is 0 Å². The summed E-state index contributed by atoms with van der Waals surface area (Å²) in [6, 6.07) is 6.61. The van der Waals surface area contributed by atoms with Gasteiger partial charge in [-0.3, -0.25) is 4.79 Å². The number of hydrogen-bond acceptors (Lipinski definition) is 3. The lowest BCUT2D eigenvalue weighted by atomic mass is 10.0. The first-order valence-electron chi connectivity index (χ1n) is 3.95. The van der Waals surface area contributed by atoms with Gasteiger partial charge in [0.1, 0.15) is 5.92 Å². The molecule has 76 valence electrons. The number of aliphatic carboxylic acids is 1. The van der Waals surface area contributed by atoms with Gasteiger partial charge in [0, 0.05) is 5.02 Å². The van der Waals surface area contributed by atoms with E-state index >= 15 is 0 Å². The first-order chi connectivity index (χ1) is 6.65. The van der Waals surface area contributed by atoms with E-state index in [0.717, 1.165) is 0 Å². The minimum absolute atomic E-state index is 0.0737. The zero-order chi connectivity index (χ0) is 10.6. The molecule has 1 aromatic rings. The highest BCUT2D eigenvalue weighted by Gasteiger charge is 2.19. The van der Waals surface area contributed by atoms with Gasteiger partial charge in [-0.1, -0.05) is 23.7 Å². The summed E-state index contributed by atoms with van der Waals surface area (Å²) in [6.07, 6.45) is 0. The predicted molar refractivity (Wildman–Crippen MR) is 52.0 cm³/mol. The van der Waals surface area contributed by atoms with Crippen molar-refractivity contribution in [1.29, 1.82) is 0 Å². The molecule has 3 N–H and O–H groups in total. The molecule has 0 radical (unpaired) electrons. The number of carbonyl (C=O) groups is 1. The maximum absolute atomic E-state index is 10.8. The molecule has 5 heteroatoms. The van der Waals surface area contributed by atoms with Crippen LogP contribution in [0.2, 0.25) is 5.02 Å². The van der Waals surface area contributed by atoms with Crippen LogP contribution in [-0.4, -0.2) is 17.7 Å². The standard InChI is InChI=1S/C9H10ClNO3/c10-7-3-1-2-6(4-7)8(5-14-11)9(12)13/h1-4,8H,5,11H2,(H,12,13). The molecule has 1 aromatic carbocycles. The van der Waals surface area contributed by atoms with Crippen molar-refractivity contribution in [2.45, 2.75) is 5.92 Å². The van der Waals surface area contributed by atoms with Gasteiger partial charge in [0.15, 0.2) is 0 Å². The second-order valence-electron chi connectivity index (χ2n) is 2.78. The van der Waals surface area contributed by atoms with Gasteiger partial charge in [-0.25, -0.2) is 5.90 Å². The van der Waals surface area contributed by atoms with E-state index in [-0.39, 0.29) is 6.61 Å². The van der Waals surface area contributed by atoms with Crippen LogP contribution in [-0.2, 0) is 9.63 Å². The van der Waals surface area contributed by atoms with Crippen LogP contribution >= 0.6 is 11.6 Å². The zero-order valence-corrected chi connectivity index (χ0v) is 8.07. The molecule has 0 saturated carbocycles. The van der Waals surface area contributed by atoms with Gasteiger partial charge < -0.3 is 9.94 Å². The van der Waals surface area contributed by atoms with Crippen molar-refractivity contribution < 1.29 is 14.7 Å². The molecule has 0 aliphatic carbocycles. The fraction of sp³-hybridized carbons (Fsp3) is 0.222. The van der Waals surface area contributed by atoms with E-state index in [1.54, 1.807) is 24.3 Å². The molecule has 4 nitrogen and oxygen atoms in total. The van der Waals surface area contributed by atoms with Gasteiger partial charge in [0.2, 0.25) is 0 Å². The van der Waals surface area contributed by atoms with Crippen LogP contribution in [0.25, 0.3) is 0 Å². The largest absolute Gasteiger partial charge is 0.481 e. The fourth-order valence-corrected chi connectivity index (χ4v) is 1.33. The van der Waals surface area contributed by atoms with Gasteiger partial charge in [0.25, 0.3) is 0 Å². The Balaban J connectivity index is 2.93. The summed E-state index contributed by atoms with van der Waals surface area (Å²) in [4.78, 5) is 15.2. The number of carboxylic acids is 1. The third-order valence-electron chi connectivity index (χ3n) is 1.81. The smallest absolute Gasteiger partial charge is 0.313 e. The minimum Gasteiger partial charge on any atom is -0.481 e. The van der Waals surface area contributed by atoms with Crippen molar-refractivity contribution in [3.05, 3.63) is 34.9 Å². The summed E-state index contributed by atoms with van der Waals surface area (Å²) in [5, 5.41) is 9.36. The lowest BCUT2D eigenvalue weighted by Gasteiger charge is -2.10. The molecule has 0 amide bonds. The van der Waals surface area contributed by atoms with E-state index in [1.807, 2.05) is 0 Å². The topological polar surface area (TPSA) is 72.5 Å². The molecule has 1 unspecified atom stereocenters. The van der Waals surface area contributed by atoms with Crippen molar-refractivity contribution in [1.82, 2.24) is 0 Å². The molecule has 0 spiro atoms. The highest BCUT2D eigenvalue weighted by atomic mass is 35.5. The van der Waals surface area contributed by atoms with E-state index in [2.05, 4.69) is 4.84 Å². The second kappa shape index (κ2) is 4.95. The van der Waals surface area contributed by atoms with Crippen molar-refractivity contribution in [3.63, 3.8) is 0 Å². The maximum atomic E-state index is 10.8. The van der Waals surface area contributed by atoms with Gasteiger partial charge in [-0.05, 0) is 17.7 Å². The highest BCUT2D eigenvalue weighted by Crippen LogP contribution is 2.19. The van der Waals surface area contributed by atoms with Crippen molar-refractivity contribution in [2.24, 2.45) is 5.90 Å². The Labute approximate surface area is 86.2 Å². The van der Waals surface area contributed by atoms with Crippen LogP contribution in [0.5, 0.6) is 0 Å². The monoisotopic (exact) mass is 215 g/mol. The van der Waals surface area contributed by atoms with Crippen LogP contribution in [0.1, 0.15) is 11.5 Å². The van der Waals surface area contributed by atoms with Crippen molar-refractivity contribution in [2.75, 3.05) is 6.61 Å². The Hall–Kier alpha value is -1.10. The average Bonchev–Trinajstić information content (AvgIpc) is 2.13. The van der Waals surface area contributed by atoms with E-state index in [0.29, 0.717) is 10.6 Å². The normalized spacial score (nSPS) is 12.4. The lowest BCUT2D eigenvalue weighted by Crippen LogP contribution is -2.19. The van der Waals surface area contributed by atoms with Crippen LogP contribution in [0.3, 0.4) is 0 Å². The molecule has 0 saturated heterocycles. The number of rotatable bonds is 4. The Morgan fingerprint density at radius 2 is 2.36 bits per heavy atom. The molecule has 14 heavy (non-hydrogen) atoms. The summed E-state index contributed by atoms with van der Waals surface area (Å²) in [5.41, 5.74) is 0.579. The van der Waals surface area contributed by atoms with Gasteiger partial charge in [-0.15, -0.1) is 0 Å². The first kappa shape index (κ1) is 11.0. The fourth-order valence-electron chi connectivity index (χ4n) is 1.13. The second-order valence-corrected chi connectivity index (χ2v) is 3.22. The lowest BCUT2D eigenvalue weighted by molar-refractivity contribution is -0.140. The molecule has 0 bridgehead atoms. The average molecular weight is 216 g/mol. The molecule has 0 aliphatic heterocycles. The minimum atomic E-state index is -0.988. The highest BCUT2D eigenvalue weighted by molar-refractivity contribution is 6.30. The number of carboxylic acid groups (broad SMARTS) is 1. The Kier molecular flexibility index (Phi) is 3.88. The van der Waals surface area contributed by atoms with Gasteiger partial charge >= 0.3 is 5.97 Å². The number of halogens is 1. The molecule has 1 rings (SSSR count). The number of hydrogen-bond donors (Lipinski definition) is 2. The molecular formula is C9H10ClNO3. The van der Waals surface area contributed by atoms with Crippen molar-refractivity contribution in [3.8, 4) is 0 Å². The predicted octanol–water partition coefficient (Wildman–Crippen LogP) is 1.40. The molecule has 0 aromatic heterocycles. The SMILES string of the molecule is NOCC(C(=O)O)c1cccc(Cl)c1. The van der Waals surface area contributed by atoms with Crippen LogP contribution in [0.15, 0.2) is 24.3 Å². The van der Waals surface area contributed by atoms with E-state index in [9.17, 15) is 4.79 Å². The Bertz CT molecular complexity index is 330. The molecule has 0 heterocycles. The summed E-state index contributed by atoms with van der Waals surface area (Å²) in [7, 11) is 0. The van der Waals surface area contributed by atoms with Gasteiger partial charge in [0.05, 0.1) is 6.61 Å². The van der Waals surface area contributed by atoms with E-state index < -0.39 is 11.9 Å². The third kappa shape index (κ3) is 2.70. The molecule has 0 aliphatic rings. The maximum Gasteiger partial charge on any atom is 0.313 e. The number of benzene rings is 1. The van der Waals surface area contributed by atoms with E-state index in [1.165, 1.54) is 0 Å². The van der Waals surface area contributed by atoms with Crippen LogP contribution in [0.4, 0.5) is 0 Å². The number of nitrogens with two attached hydrogens (primary N) is 1. The van der Waals surface area contributed by atoms with Crippen molar-refractivity contribution >= 4 is 17.6 Å². The molecule has 1 atom stereocenters. The van der Waals surface area contributed by atoms with E-state index in [4.69, 9.17) is 22.6 Å². The Morgan fingerprint density at radius 1 is 1.64 bits per heavy atom. The first-order valence-corrected chi connectivity index (χ1v) is 4.33. The summed E-state index contributed by atoms with van der Waals surface area (Å²) >= 11 is 5.73. The quantitative estimate of drug-likeness (QED) is 0.745. The Morgan fingerprint density at radius 3 is 2.86 bits per heavy atom. The third-order valence-corrected chi connectivity index (χ3v) is 2.05. The molecular weight excluding hydrogens is 206 g/mol. The summed E-state index contributed by atoms with van der Waals surface area (Å²) in [6.45, 7) is -0.0737. The summed E-state index contributed by atoms with van der Waals surface area (Å²) in [5.74, 6) is 3.08.